The van der Waals surface area contributed by atoms with Crippen molar-refractivity contribution in [1.29, 1.82) is 0 Å². The lowest BCUT2D eigenvalue weighted by Gasteiger charge is -2.00. The third-order valence-electron chi connectivity index (χ3n) is 2.04. The predicted molar refractivity (Wildman–Crippen MR) is 69.3 cm³/mol. The van der Waals surface area contributed by atoms with Crippen LogP contribution < -0.4 is 5.32 Å². The number of hydrogen-bond donors (Lipinski definition) is 1. The fourth-order valence-electron chi connectivity index (χ4n) is 1.18. The predicted octanol–water partition coefficient (Wildman–Crippen LogP) is 2.77. The standard InChI is InChI=1S/C11H10ClN3OS/c1-7(12)9(16)13-11-15-14-10(17-11)8-5-3-2-4-6-8/h2-7H,1H3,(H,13,15,16)/t7-/m0/s1. The van der Waals surface area contributed by atoms with Gasteiger partial charge < -0.3 is 0 Å². The minimum Gasteiger partial charge on any atom is -0.299 e. The molecule has 0 spiro atoms. The lowest BCUT2D eigenvalue weighted by Crippen LogP contribution is -2.20. The van der Waals surface area contributed by atoms with Crippen LogP contribution in [0.15, 0.2) is 30.3 Å². The highest BCUT2D eigenvalue weighted by molar-refractivity contribution is 7.18. The summed E-state index contributed by atoms with van der Waals surface area (Å²) in [6.07, 6.45) is 0. The van der Waals surface area contributed by atoms with Crippen LogP contribution in [0.25, 0.3) is 10.6 Å². The third kappa shape index (κ3) is 3.01. The second-order valence-corrected chi connectivity index (χ2v) is 5.02. The second-order valence-electron chi connectivity index (χ2n) is 3.38. The molecule has 1 N–H and O–H groups in total. The van der Waals surface area contributed by atoms with Crippen molar-refractivity contribution in [2.75, 3.05) is 5.32 Å². The Bertz CT molecular complexity index is 512. The van der Waals surface area contributed by atoms with Gasteiger partial charge in [-0.3, -0.25) is 10.1 Å². The molecule has 2 rings (SSSR count). The number of halogens is 1. The molecular weight excluding hydrogens is 258 g/mol. The smallest absolute Gasteiger partial charge is 0.243 e. The van der Waals surface area contributed by atoms with Gasteiger partial charge in [-0.1, -0.05) is 41.7 Å². The van der Waals surface area contributed by atoms with Gasteiger partial charge in [0, 0.05) is 5.56 Å². The van der Waals surface area contributed by atoms with Crippen molar-refractivity contribution < 1.29 is 4.79 Å². The summed E-state index contributed by atoms with van der Waals surface area (Å²) < 4.78 is 0. The molecule has 0 unspecified atom stereocenters. The van der Waals surface area contributed by atoms with E-state index in [0.717, 1.165) is 10.6 Å². The molecule has 0 aliphatic carbocycles. The van der Waals surface area contributed by atoms with E-state index in [-0.39, 0.29) is 5.91 Å². The fourth-order valence-corrected chi connectivity index (χ4v) is 1.98. The highest BCUT2D eigenvalue weighted by Crippen LogP contribution is 2.25. The fraction of sp³-hybridized carbons (Fsp3) is 0.182. The van der Waals surface area contributed by atoms with Crippen LogP contribution in [-0.2, 0) is 4.79 Å². The molecule has 0 bridgehead atoms. The largest absolute Gasteiger partial charge is 0.299 e. The molecule has 1 amide bonds. The maximum atomic E-state index is 11.4. The Balaban J connectivity index is 2.14. The van der Waals surface area contributed by atoms with Crippen LogP contribution in [0.5, 0.6) is 0 Å². The first kappa shape index (κ1) is 12.0. The van der Waals surface area contributed by atoms with Crippen LogP contribution in [0.1, 0.15) is 6.92 Å². The zero-order chi connectivity index (χ0) is 12.3. The van der Waals surface area contributed by atoms with Crippen LogP contribution in [0.3, 0.4) is 0 Å². The van der Waals surface area contributed by atoms with Gasteiger partial charge in [0.2, 0.25) is 11.0 Å². The number of anilines is 1. The van der Waals surface area contributed by atoms with E-state index in [4.69, 9.17) is 11.6 Å². The number of rotatable bonds is 3. The number of nitrogens with zero attached hydrogens (tertiary/aromatic N) is 2. The quantitative estimate of drug-likeness (QED) is 0.870. The van der Waals surface area contributed by atoms with E-state index in [0.29, 0.717) is 5.13 Å². The summed E-state index contributed by atoms with van der Waals surface area (Å²) in [6, 6.07) is 9.67. The first-order valence-corrected chi connectivity index (χ1v) is 6.26. The molecule has 17 heavy (non-hydrogen) atoms. The van der Waals surface area contributed by atoms with E-state index in [9.17, 15) is 4.79 Å². The first-order chi connectivity index (χ1) is 8.16. The van der Waals surface area contributed by atoms with E-state index >= 15 is 0 Å². The highest BCUT2D eigenvalue weighted by Gasteiger charge is 2.12. The van der Waals surface area contributed by atoms with Gasteiger partial charge in [-0.05, 0) is 6.92 Å². The Morgan fingerprint density at radius 2 is 2.06 bits per heavy atom. The van der Waals surface area contributed by atoms with Gasteiger partial charge in [0.1, 0.15) is 10.4 Å². The average Bonchev–Trinajstić information content (AvgIpc) is 2.78. The van der Waals surface area contributed by atoms with Crippen molar-refractivity contribution in [3.05, 3.63) is 30.3 Å². The lowest BCUT2D eigenvalue weighted by atomic mass is 10.2. The molecule has 1 aromatic heterocycles. The molecule has 2 aromatic rings. The van der Waals surface area contributed by atoms with Gasteiger partial charge in [0.05, 0.1) is 0 Å². The molecule has 0 aliphatic heterocycles. The molecule has 0 radical (unpaired) electrons. The van der Waals surface area contributed by atoms with Gasteiger partial charge >= 0.3 is 0 Å². The maximum Gasteiger partial charge on any atom is 0.243 e. The topological polar surface area (TPSA) is 54.9 Å². The van der Waals surface area contributed by atoms with Crippen LogP contribution in [0, 0.1) is 0 Å². The number of alkyl halides is 1. The van der Waals surface area contributed by atoms with Gasteiger partial charge in [-0.25, -0.2) is 0 Å². The highest BCUT2D eigenvalue weighted by atomic mass is 35.5. The summed E-state index contributed by atoms with van der Waals surface area (Å²) in [6.45, 7) is 1.61. The first-order valence-electron chi connectivity index (χ1n) is 5.00. The van der Waals surface area contributed by atoms with Gasteiger partial charge in [-0.2, -0.15) is 0 Å². The van der Waals surface area contributed by atoms with Gasteiger partial charge in [0.25, 0.3) is 0 Å². The molecule has 0 aliphatic rings. The Hall–Kier alpha value is -1.46. The van der Waals surface area contributed by atoms with Crippen molar-refractivity contribution in [3.8, 4) is 10.6 Å². The summed E-state index contributed by atoms with van der Waals surface area (Å²) in [4.78, 5) is 11.4. The number of carbonyl (C=O) groups excluding carboxylic acids is 1. The molecule has 88 valence electrons. The van der Waals surface area contributed by atoms with Crippen LogP contribution in [0.2, 0.25) is 0 Å². The monoisotopic (exact) mass is 267 g/mol. The van der Waals surface area contributed by atoms with Crippen molar-refractivity contribution in [2.24, 2.45) is 0 Å². The van der Waals surface area contributed by atoms with E-state index in [1.807, 2.05) is 30.3 Å². The molecular formula is C11H10ClN3OS. The van der Waals surface area contributed by atoms with Crippen molar-refractivity contribution >= 4 is 34.0 Å². The summed E-state index contributed by atoms with van der Waals surface area (Å²) in [5, 5.41) is 11.2. The minimum absolute atomic E-state index is 0.276. The zero-order valence-electron chi connectivity index (χ0n) is 9.05. The normalized spacial score (nSPS) is 12.1. The van der Waals surface area contributed by atoms with Gasteiger partial charge in [0.15, 0.2) is 0 Å². The van der Waals surface area contributed by atoms with E-state index in [2.05, 4.69) is 15.5 Å². The second kappa shape index (κ2) is 5.25. The number of aromatic nitrogens is 2. The lowest BCUT2D eigenvalue weighted by molar-refractivity contribution is -0.115. The third-order valence-corrected chi connectivity index (χ3v) is 3.12. The molecule has 6 heteroatoms. The molecule has 0 saturated carbocycles. The molecule has 0 saturated heterocycles. The number of amides is 1. The number of carbonyl (C=O) groups is 1. The SMILES string of the molecule is C[C@H](Cl)C(=O)Nc1nnc(-c2ccccc2)s1. The molecule has 1 atom stereocenters. The summed E-state index contributed by atoms with van der Waals surface area (Å²) in [5.74, 6) is -0.276. The number of benzene rings is 1. The molecule has 1 heterocycles. The van der Waals surface area contributed by atoms with Crippen LogP contribution in [-0.4, -0.2) is 21.5 Å². The summed E-state index contributed by atoms with van der Waals surface area (Å²) in [5.41, 5.74) is 0.976. The van der Waals surface area contributed by atoms with Crippen molar-refractivity contribution in [1.82, 2.24) is 10.2 Å². The molecule has 1 aromatic carbocycles. The van der Waals surface area contributed by atoms with Crippen molar-refractivity contribution in [2.45, 2.75) is 12.3 Å². The summed E-state index contributed by atoms with van der Waals surface area (Å²) >= 11 is 6.97. The van der Waals surface area contributed by atoms with Crippen molar-refractivity contribution in [3.63, 3.8) is 0 Å². The van der Waals surface area contributed by atoms with E-state index < -0.39 is 5.38 Å². The molecule has 0 fully saturated rings. The molecule has 4 nitrogen and oxygen atoms in total. The summed E-state index contributed by atoms with van der Waals surface area (Å²) in [7, 11) is 0. The van der Waals surface area contributed by atoms with Gasteiger partial charge in [-0.15, -0.1) is 21.8 Å². The van der Waals surface area contributed by atoms with Crippen LogP contribution in [0.4, 0.5) is 5.13 Å². The Kier molecular flexibility index (Phi) is 3.71. The Labute approximate surface area is 108 Å². The Morgan fingerprint density at radius 1 is 1.35 bits per heavy atom. The maximum absolute atomic E-state index is 11.4. The minimum atomic E-state index is -0.584. The number of hydrogen-bond acceptors (Lipinski definition) is 4. The zero-order valence-corrected chi connectivity index (χ0v) is 10.6. The van der Waals surface area contributed by atoms with E-state index in [1.165, 1.54) is 11.3 Å². The number of nitrogens with one attached hydrogen (secondary N) is 1. The average molecular weight is 268 g/mol. The van der Waals surface area contributed by atoms with E-state index in [1.54, 1.807) is 6.92 Å². The Morgan fingerprint density at radius 3 is 2.71 bits per heavy atom. The van der Waals surface area contributed by atoms with Crippen LogP contribution >= 0.6 is 22.9 Å².